The summed E-state index contributed by atoms with van der Waals surface area (Å²) in [6, 6.07) is 4.06. The number of hydrogen-bond acceptors (Lipinski definition) is 6. The van der Waals surface area contributed by atoms with E-state index in [-0.39, 0.29) is 0 Å². The molecule has 2 atom stereocenters. The van der Waals surface area contributed by atoms with Crippen molar-refractivity contribution in [3.05, 3.63) is 47.2 Å². The van der Waals surface area contributed by atoms with Gasteiger partial charge in [-0.15, -0.1) is 0 Å². The third-order valence-corrected chi connectivity index (χ3v) is 4.56. The molecule has 1 N–H and O–H groups in total. The van der Waals surface area contributed by atoms with Gasteiger partial charge in [-0.3, -0.25) is 4.98 Å². The maximum atomic E-state index is 7.21. The Morgan fingerprint density at radius 1 is 1.22 bits per heavy atom. The minimum absolute atomic E-state index is 0.379. The number of pyridine rings is 1. The van der Waals surface area contributed by atoms with Crippen molar-refractivity contribution in [1.29, 1.82) is 5.41 Å². The number of nitrogens with one attached hydrogen (secondary N) is 1. The summed E-state index contributed by atoms with van der Waals surface area (Å²) in [5, 5.41) is 15.3. The van der Waals surface area contributed by atoms with Gasteiger partial charge in [0.05, 0.1) is 5.56 Å². The van der Waals surface area contributed by atoms with Gasteiger partial charge in [0.1, 0.15) is 0 Å². The van der Waals surface area contributed by atoms with E-state index in [0.29, 0.717) is 23.6 Å². The lowest BCUT2D eigenvalue weighted by Gasteiger charge is -1.98. The summed E-state index contributed by atoms with van der Waals surface area (Å²) < 4.78 is 5.33. The Morgan fingerprint density at radius 3 is 2.91 bits per heavy atom. The van der Waals surface area contributed by atoms with Crippen LogP contribution in [0, 0.1) is 17.2 Å². The van der Waals surface area contributed by atoms with Crippen molar-refractivity contribution in [2.75, 3.05) is 0 Å². The molecule has 0 radical (unpaired) electrons. The average molecular weight is 322 g/mol. The number of hydrogen-bond donors (Lipinski definition) is 1. The van der Waals surface area contributed by atoms with E-state index < -0.39 is 0 Å². The lowest BCUT2D eigenvalue weighted by Crippen LogP contribution is -1.83. The fraction of sp³-hybridized carbons (Fsp3) is 0.176. The van der Waals surface area contributed by atoms with Gasteiger partial charge in [-0.25, -0.2) is 0 Å². The van der Waals surface area contributed by atoms with E-state index in [1.165, 1.54) is 6.21 Å². The van der Waals surface area contributed by atoms with Crippen LogP contribution in [-0.4, -0.2) is 21.3 Å². The second-order valence-electron chi connectivity index (χ2n) is 5.52. The Labute approximate surface area is 137 Å². The van der Waals surface area contributed by atoms with Crippen molar-refractivity contribution in [3.8, 4) is 22.6 Å². The molecule has 23 heavy (non-hydrogen) atoms. The average Bonchev–Trinajstić information content (AvgIpc) is 2.99. The summed E-state index contributed by atoms with van der Waals surface area (Å²) in [6.07, 6.45) is 9.99. The van der Waals surface area contributed by atoms with E-state index in [1.807, 2.05) is 29.8 Å². The first-order valence-corrected chi connectivity index (χ1v) is 8.28. The molecule has 1 aliphatic rings. The molecule has 0 saturated heterocycles. The highest BCUT2D eigenvalue weighted by Crippen LogP contribution is 2.38. The zero-order chi connectivity index (χ0) is 15.6. The molecule has 1 aliphatic carbocycles. The molecule has 1 saturated carbocycles. The van der Waals surface area contributed by atoms with Crippen LogP contribution in [-0.2, 0) is 0 Å². The van der Waals surface area contributed by atoms with E-state index in [4.69, 9.17) is 9.93 Å². The van der Waals surface area contributed by atoms with E-state index >= 15 is 0 Å². The van der Waals surface area contributed by atoms with Crippen LogP contribution >= 0.6 is 11.3 Å². The Kier molecular flexibility index (Phi) is 3.59. The van der Waals surface area contributed by atoms with Gasteiger partial charge in [0.2, 0.25) is 0 Å². The van der Waals surface area contributed by atoms with Crippen LogP contribution in [0.3, 0.4) is 0 Å². The lowest BCUT2D eigenvalue weighted by atomic mass is 10.1. The fourth-order valence-corrected chi connectivity index (χ4v) is 3.09. The van der Waals surface area contributed by atoms with E-state index in [0.717, 1.165) is 23.1 Å². The SMILES string of the molecule is N=CC1CC1/C=C/c1noc(-c2cncc(-c3ccsc3)c2)n1. The van der Waals surface area contributed by atoms with Crippen molar-refractivity contribution in [2.45, 2.75) is 6.42 Å². The van der Waals surface area contributed by atoms with Crippen LogP contribution < -0.4 is 0 Å². The summed E-state index contributed by atoms with van der Waals surface area (Å²) in [4.78, 5) is 8.66. The molecule has 114 valence electrons. The van der Waals surface area contributed by atoms with Gasteiger partial charge in [-0.05, 0) is 53.1 Å². The summed E-state index contributed by atoms with van der Waals surface area (Å²) in [6.45, 7) is 0. The predicted molar refractivity (Wildman–Crippen MR) is 90.3 cm³/mol. The van der Waals surface area contributed by atoms with Gasteiger partial charge >= 0.3 is 0 Å². The number of rotatable bonds is 5. The first kappa shape index (κ1) is 14.0. The smallest absolute Gasteiger partial charge is 0.259 e. The highest BCUT2D eigenvalue weighted by atomic mass is 32.1. The molecule has 3 aromatic rings. The minimum atomic E-state index is 0.379. The second-order valence-corrected chi connectivity index (χ2v) is 6.30. The standard InChI is InChI=1S/C17H14N4OS/c18-7-13-5-11(13)1-2-16-20-17(22-21-16)15-6-14(8-19-9-15)12-3-4-23-10-12/h1-4,6-11,13,18H,5H2/b2-1+,18-7?. The highest BCUT2D eigenvalue weighted by Gasteiger charge is 2.32. The molecule has 0 spiro atoms. The third-order valence-electron chi connectivity index (χ3n) is 3.88. The number of aromatic nitrogens is 3. The monoisotopic (exact) mass is 322 g/mol. The van der Waals surface area contributed by atoms with Gasteiger partial charge in [0, 0.05) is 23.9 Å². The summed E-state index contributed by atoms with van der Waals surface area (Å²) >= 11 is 1.65. The van der Waals surface area contributed by atoms with Crippen LogP contribution in [0.4, 0.5) is 0 Å². The zero-order valence-corrected chi connectivity index (χ0v) is 13.0. The normalized spacial score (nSPS) is 20.0. The van der Waals surface area contributed by atoms with Crippen LogP contribution in [0.2, 0.25) is 0 Å². The number of thiophene rings is 1. The van der Waals surface area contributed by atoms with E-state index in [9.17, 15) is 0 Å². The Hall–Kier alpha value is -2.60. The summed E-state index contributed by atoms with van der Waals surface area (Å²) in [5.74, 6) is 1.84. The summed E-state index contributed by atoms with van der Waals surface area (Å²) in [5.41, 5.74) is 2.98. The highest BCUT2D eigenvalue weighted by molar-refractivity contribution is 7.08. The Balaban J connectivity index is 1.55. The van der Waals surface area contributed by atoms with Gasteiger partial charge in [-0.2, -0.15) is 16.3 Å². The molecular formula is C17H14N4OS. The largest absolute Gasteiger partial charge is 0.334 e. The van der Waals surface area contributed by atoms with Gasteiger partial charge < -0.3 is 9.93 Å². The molecule has 3 heterocycles. The van der Waals surface area contributed by atoms with Crippen molar-refractivity contribution in [2.24, 2.45) is 11.8 Å². The van der Waals surface area contributed by atoms with Gasteiger partial charge in [0.25, 0.3) is 5.89 Å². The quantitative estimate of drug-likeness (QED) is 0.716. The third kappa shape index (κ3) is 2.98. The van der Waals surface area contributed by atoms with E-state index in [1.54, 1.807) is 17.5 Å². The molecule has 4 rings (SSSR count). The Morgan fingerprint density at radius 2 is 2.13 bits per heavy atom. The van der Waals surface area contributed by atoms with Gasteiger partial charge in [0.15, 0.2) is 5.82 Å². The molecule has 3 aromatic heterocycles. The van der Waals surface area contributed by atoms with Crippen molar-refractivity contribution >= 4 is 23.6 Å². The van der Waals surface area contributed by atoms with Gasteiger partial charge in [-0.1, -0.05) is 11.2 Å². The van der Waals surface area contributed by atoms with Crippen molar-refractivity contribution in [1.82, 2.24) is 15.1 Å². The molecule has 2 unspecified atom stereocenters. The Bertz CT molecular complexity index is 853. The predicted octanol–water partition coefficient (Wildman–Crippen LogP) is 4.16. The fourth-order valence-electron chi connectivity index (χ4n) is 2.42. The molecule has 0 aliphatic heterocycles. The molecule has 0 aromatic carbocycles. The van der Waals surface area contributed by atoms with Crippen LogP contribution in [0.1, 0.15) is 12.2 Å². The number of allylic oxidation sites excluding steroid dienone is 1. The first-order chi connectivity index (χ1) is 11.3. The molecule has 5 nitrogen and oxygen atoms in total. The van der Waals surface area contributed by atoms with E-state index in [2.05, 4.69) is 26.6 Å². The zero-order valence-electron chi connectivity index (χ0n) is 12.2. The van der Waals surface area contributed by atoms with Crippen LogP contribution in [0.25, 0.3) is 28.7 Å². The van der Waals surface area contributed by atoms with Crippen LogP contribution in [0.15, 0.2) is 45.9 Å². The number of nitrogens with zero attached hydrogens (tertiary/aromatic N) is 3. The van der Waals surface area contributed by atoms with Crippen molar-refractivity contribution in [3.63, 3.8) is 0 Å². The van der Waals surface area contributed by atoms with Crippen LogP contribution in [0.5, 0.6) is 0 Å². The maximum absolute atomic E-state index is 7.21. The maximum Gasteiger partial charge on any atom is 0.259 e. The lowest BCUT2D eigenvalue weighted by molar-refractivity contribution is 0.428. The topological polar surface area (TPSA) is 75.7 Å². The molecular weight excluding hydrogens is 308 g/mol. The molecule has 0 amide bonds. The first-order valence-electron chi connectivity index (χ1n) is 7.34. The van der Waals surface area contributed by atoms with Crippen molar-refractivity contribution < 1.29 is 4.52 Å². The minimum Gasteiger partial charge on any atom is -0.334 e. The molecule has 0 bridgehead atoms. The summed E-state index contributed by atoms with van der Waals surface area (Å²) in [7, 11) is 0. The second kappa shape index (κ2) is 5.89. The molecule has 6 heteroatoms. The molecule has 1 fully saturated rings.